The Balaban J connectivity index is 3.80. The van der Waals surface area contributed by atoms with Crippen LogP contribution in [0.1, 0.15) is 79.1 Å². The van der Waals surface area contributed by atoms with Crippen LogP contribution in [-0.2, 0) is 14.8 Å². The Labute approximate surface area is 190 Å². The Kier molecular flexibility index (Phi) is 16.3. The van der Waals surface area contributed by atoms with Gasteiger partial charge in [0.15, 0.2) is 0 Å². The second kappa shape index (κ2) is 17.5. The zero-order chi connectivity index (χ0) is 23.4. The third-order valence-corrected chi connectivity index (χ3v) is 6.30. The molecule has 0 bridgehead atoms. The molecular formula is C26H41NO3S. The molecule has 0 saturated carbocycles. The van der Waals surface area contributed by atoms with Crippen molar-refractivity contribution < 1.29 is 13.2 Å². The summed E-state index contributed by atoms with van der Waals surface area (Å²) >= 11 is 0. The standard InChI is InChI=1S/C26H41NO3S/c1-5-6-7-8-9-10-11-12-13-14-15-16-17-18-19-20-21-22-23-24-25(28)27-31(29,30)26(2,3)4/h6-7,9-10,12-13,15-16,18-19,21-22H,5,8,11,14,17,20,23-24H2,1-4H3,(H,27,28)/b7-6-,10-9-,13-12-,16-15-,19-18-,22-21-. The van der Waals surface area contributed by atoms with Crippen molar-refractivity contribution in [3.63, 3.8) is 0 Å². The van der Waals surface area contributed by atoms with Gasteiger partial charge in [-0.25, -0.2) is 8.42 Å². The van der Waals surface area contributed by atoms with Crippen molar-refractivity contribution in [1.82, 2.24) is 4.72 Å². The van der Waals surface area contributed by atoms with Gasteiger partial charge in [-0.15, -0.1) is 0 Å². The fraction of sp³-hybridized carbons (Fsp3) is 0.500. The van der Waals surface area contributed by atoms with E-state index >= 15 is 0 Å². The van der Waals surface area contributed by atoms with Crippen LogP contribution in [0, 0.1) is 0 Å². The van der Waals surface area contributed by atoms with Crippen LogP contribution in [0.5, 0.6) is 0 Å². The number of allylic oxidation sites excluding steroid dienone is 12. The number of hydrogen-bond acceptors (Lipinski definition) is 3. The van der Waals surface area contributed by atoms with Gasteiger partial charge < -0.3 is 0 Å². The average molecular weight is 448 g/mol. The van der Waals surface area contributed by atoms with E-state index in [0.29, 0.717) is 6.42 Å². The molecule has 0 radical (unpaired) electrons. The van der Waals surface area contributed by atoms with E-state index in [9.17, 15) is 13.2 Å². The van der Waals surface area contributed by atoms with Crippen LogP contribution >= 0.6 is 0 Å². The van der Waals surface area contributed by atoms with Crippen LogP contribution in [0.25, 0.3) is 0 Å². The molecule has 1 N–H and O–H groups in total. The lowest BCUT2D eigenvalue weighted by Crippen LogP contribution is -2.42. The Morgan fingerprint density at radius 3 is 1.39 bits per heavy atom. The monoisotopic (exact) mass is 447 g/mol. The molecule has 4 nitrogen and oxygen atoms in total. The Bertz CT molecular complexity index is 761. The van der Waals surface area contributed by atoms with E-state index in [0.717, 1.165) is 38.5 Å². The third kappa shape index (κ3) is 17.3. The van der Waals surface area contributed by atoms with Gasteiger partial charge in [0.2, 0.25) is 15.9 Å². The molecule has 0 unspecified atom stereocenters. The fourth-order valence-corrected chi connectivity index (χ4v) is 2.92. The lowest BCUT2D eigenvalue weighted by molar-refractivity contribution is -0.119. The number of carbonyl (C=O) groups is 1. The summed E-state index contributed by atoms with van der Waals surface area (Å²) in [6, 6.07) is 0. The first kappa shape index (κ1) is 28.9. The van der Waals surface area contributed by atoms with Crippen LogP contribution in [0.15, 0.2) is 72.9 Å². The van der Waals surface area contributed by atoms with Crippen LogP contribution in [0.3, 0.4) is 0 Å². The van der Waals surface area contributed by atoms with Crippen LogP contribution in [0.2, 0.25) is 0 Å². The molecule has 174 valence electrons. The van der Waals surface area contributed by atoms with E-state index in [-0.39, 0.29) is 6.42 Å². The van der Waals surface area contributed by atoms with E-state index < -0.39 is 20.7 Å². The lowest BCUT2D eigenvalue weighted by atomic mass is 10.2. The Hall–Kier alpha value is -2.14. The van der Waals surface area contributed by atoms with Crippen LogP contribution in [0.4, 0.5) is 0 Å². The maximum atomic E-state index is 11.9. The largest absolute Gasteiger partial charge is 0.274 e. The minimum Gasteiger partial charge on any atom is -0.274 e. The molecule has 0 rings (SSSR count). The molecule has 5 heteroatoms. The van der Waals surface area contributed by atoms with Crippen molar-refractivity contribution in [2.24, 2.45) is 0 Å². The summed E-state index contributed by atoms with van der Waals surface area (Å²) in [6.07, 6.45) is 31.9. The van der Waals surface area contributed by atoms with E-state index in [2.05, 4.69) is 72.4 Å². The molecule has 0 aromatic carbocycles. The van der Waals surface area contributed by atoms with E-state index in [1.165, 1.54) is 0 Å². The van der Waals surface area contributed by atoms with Gasteiger partial charge in [-0.05, 0) is 65.7 Å². The number of carbonyl (C=O) groups excluding carboxylic acids is 1. The first-order chi connectivity index (χ1) is 14.7. The highest BCUT2D eigenvalue weighted by molar-refractivity contribution is 7.91. The molecule has 0 saturated heterocycles. The Morgan fingerprint density at radius 1 is 0.677 bits per heavy atom. The van der Waals surface area contributed by atoms with Gasteiger partial charge in [-0.3, -0.25) is 9.52 Å². The zero-order valence-electron chi connectivity index (χ0n) is 19.7. The molecule has 0 fully saturated rings. The minimum atomic E-state index is -3.62. The average Bonchev–Trinajstić information content (AvgIpc) is 2.68. The van der Waals surface area contributed by atoms with Gasteiger partial charge in [0.05, 0.1) is 4.75 Å². The first-order valence-corrected chi connectivity index (χ1v) is 12.6. The summed E-state index contributed by atoms with van der Waals surface area (Å²) in [5, 5.41) is 0. The normalized spacial score (nSPS) is 13.8. The van der Waals surface area contributed by atoms with Crippen molar-refractivity contribution in [3.05, 3.63) is 72.9 Å². The quantitative estimate of drug-likeness (QED) is 0.284. The van der Waals surface area contributed by atoms with E-state index in [1.54, 1.807) is 20.8 Å². The van der Waals surface area contributed by atoms with Crippen LogP contribution < -0.4 is 4.72 Å². The van der Waals surface area contributed by atoms with Gasteiger partial charge in [-0.2, -0.15) is 0 Å². The highest BCUT2D eigenvalue weighted by Crippen LogP contribution is 2.13. The predicted octanol–water partition coefficient (Wildman–Crippen LogP) is 6.71. The first-order valence-electron chi connectivity index (χ1n) is 11.2. The van der Waals surface area contributed by atoms with E-state index in [4.69, 9.17) is 0 Å². The number of rotatable bonds is 15. The molecule has 0 aromatic rings. The topological polar surface area (TPSA) is 63.2 Å². The van der Waals surface area contributed by atoms with Crippen molar-refractivity contribution in [3.8, 4) is 0 Å². The van der Waals surface area contributed by atoms with E-state index in [1.807, 2.05) is 12.2 Å². The molecule has 0 atom stereocenters. The van der Waals surface area contributed by atoms with Crippen LogP contribution in [-0.4, -0.2) is 19.1 Å². The molecule has 0 aliphatic carbocycles. The molecule has 0 heterocycles. The summed E-state index contributed by atoms with van der Waals surface area (Å²) in [6.45, 7) is 6.83. The van der Waals surface area contributed by atoms with Gasteiger partial charge in [0.1, 0.15) is 0 Å². The zero-order valence-corrected chi connectivity index (χ0v) is 20.5. The number of amides is 1. The third-order valence-electron chi connectivity index (χ3n) is 4.19. The van der Waals surface area contributed by atoms with Gasteiger partial charge in [0, 0.05) is 6.42 Å². The lowest BCUT2D eigenvalue weighted by Gasteiger charge is -2.19. The summed E-state index contributed by atoms with van der Waals surface area (Å²) in [4.78, 5) is 11.7. The highest BCUT2D eigenvalue weighted by atomic mass is 32.2. The summed E-state index contributed by atoms with van der Waals surface area (Å²) in [5.74, 6) is -0.463. The SMILES string of the molecule is CC/C=C\C/C=C\C/C=C\C/C=C\C/C=C\C/C=C\CCC(=O)NS(=O)(=O)C(C)(C)C. The fourth-order valence-electron chi connectivity index (χ4n) is 2.21. The van der Waals surface area contributed by atoms with Gasteiger partial charge in [0.25, 0.3) is 0 Å². The van der Waals surface area contributed by atoms with Crippen molar-refractivity contribution >= 4 is 15.9 Å². The second-order valence-electron chi connectivity index (χ2n) is 8.09. The van der Waals surface area contributed by atoms with Crippen molar-refractivity contribution in [1.29, 1.82) is 0 Å². The summed E-state index contributed by atoms with van der Waals surface area (Å²) < 4.78 is 24.9. The van der Waals surface area contributed by atoms with Gasteiger partial charge in [-0.1, -0.05) is 79.8 Å². The molecule has 1 amide bonds. The maximum absolute atomic E-state index is 11.9. The summed E-state index contributed by atoms with van der Waals surface area (Å²) in [7, 11) is -3.62. The Morgan fingerprint density at radius 2 is 1.03 bits per heavy atom. The smallest absolute Gasteiger partial charge is 0.239 e. The molecule has 0 aliphatic rings. The minimum absolute atomic E-state index is 0.164. The number of sulfonamides is 1. The molecule has 0 aliphatic heterocycles. The maximum Gasteiger partial charge on any atom is 0.239 e. The molecule has 31 heavy (non-hydrogen) atoms. The molecule has 0 aromatic heterocycles. The number of nitrogens with one attached hydrogen (secondary N) is 1. The van der Waals surface area contributed by atoms with Crippen molar-refractivity contribution in [2.75, 3.05) is 0 Å². The summed E-state index contributed by atoms with van der Waals surface area (Å²) in [5.41, 5.74) is 0. The second-order valence-corrected chi connectivity index (χ2v) is 10.5. The highest BCUT2D eigenvalue weighted by Gasteiger charge is 2.30. The van der Waals surface area contributed by atoms with Crippen molar-refractivity contribution in [2.45, 2.75) is 83.8 Å². The molecule has 0 spiro atoms. The van der Waals surface area contributed by atoms with Gasteiger partial charge >= 0.3 is 0 Å². The molecular weight excluding hydrogens is 406 g/mol. The predicted molar refractivity (Wildman–Crippen MR) is 134 cm³/mol. The number of hydrogen-bond donors (Lipinski definition) is 1.